The maximum Gasteiger partial charge on any atom is 0.158 e. The van der Waals surface area contributed by atoms with Crippen molar-refractivity contribution in [1.29, 1.82) is 0 Å². The fourth-order valence-corrected chi connectivity index (χ4v) is 6.24. The highest BCUT2D eigenvalue weighted by atomic mass is 16.5. The Labute approximate surface area is 236 Å². The smallest absolute Gasteiger partial charge is 0.158 e. The zero-order valence-electron chi connectivity index (χ0n) is 24.7. The van der Waals surface area contributed by atoms with E-state index >= 15 is 0 Å². The average molecular weight is 533 g/mol. The standard InChI is InChI=1S/C34H48N2O3/c1-6-8-18-35(3)19-17-25-9-11-26(12-10-25)24-36(7-2)32-23-34(39-5)33(38-4)22-31(32)29-14-13-28-21-30(37)16-15-27(28)20-29/h9-12,15-16,21-23,29,31-32,37H,6-8,13-14,17-20,24H2,1-5H3/t29-,31?,32?/m1/s1. The van der Waals surface area contributed by atoms with Crippen molar-refractivity contribution in [3.8, 4) is 5.75 Å². The van der Waals surface area contributed by atoms with Gasteiger partial charge in [-0.15, -0.1) is 0 Å². The topological polar surface area (TPSA) is 45.2 Å². The molecule has 212 valence electrons. The van der Waals surface area contributed by atoms with E-state index in [-0.39, 0.29) is 6.04 Å². The summed E-state index contributed by atoms with van der Waals surface area (Å²) in [5, 5.41) is 9.96. The number of phenols is 1. The van der Waals surface area contributed by atoms with Gasteiger partial charge in [0.25, 0.3) is 0 Å². The number of hydrogen-bond acceptors (Lipinski definition) is 5. The van der Waals surface area contributed by atoms with E-state index < -0.39 is 0 Å². The first-order valence-corrected chi connectivity index (χ1v) is 14.8. The van der Waals surface area contributed by atoms with Gasteiger partial charge < -0.3 is 19.5 Å². The second-order valence-electron chi connectivity index (χ2n) is 11.3. The van der Waals surface area contributed by atoms with Crippen LogP contribution < -0.4 is 0 Å². The fourth-order valence-electron chi connectivity index (χ4n) is 6.24. The first-order chi connectivity index (χ1) is 18.9. The lowest BCUT2D eigenvalue weighted by Crippen LogP contribution is -2.44. The second kappa shape index (κ2) is 14.0. The van der Waals surface area contributed by atoms with Gasteiger partial charge in [0.1, 0.15) is 5.75 Å². The molecule has 0 radical (unpaired) electrons. The van der Waals surface area contributed by atoms with Crippen LogP contribution in [0.25, 0.3) is 0 Å². The third-order valence-electron chi connectivity index (χ3n) is 8.66. The highest BCUT2D eigenvalue weighted by Crippen LogP contribution is 2.39. The van der Waals surface area contributed by atoms with Gasteiger partial charge in [0.2, 0.25) is 0 Å². The summed E-state index contributed by atoms with van der Waals surface area (Å²) in [6.07, 6.45) is 11.3. The number of phenolic OH excluding ortho intramolecular Hbond substituents is 1. The van der Waals surface area contributed by atoms with Gasteiger partial charge in [0.05, 0.1) is 14.2 Å². The molecule has 2 aliphatic rings. The quantitative estimate of drug-likeness (QED) is 0.326. The molecule has 0 bridgehead atoms. The van der Waals surface area contributed by atoms with Gasteiger partial charge in [-0.1, -0.05) is 50.6 Å². The number of benzene rings is 2. The number of unbranched alkanes of at least 4 members (excludes halogenated alkanes) is 1. The van der Waals surface area contributed by atoms with Crippen molar-refractivity contribution in [3.63, 3.8) is 0 Å². The lowest BCUT2D eigenvalue weighted by Gasteiger charge is -2.41. The Morgan fingerprint density at radius 3 is 2.31 bits per heavy atom. The molecule has 1 N–H and O–H groups in total. The van der Waals surface area contributed by atoms with Crippen LogP contribution in [0.1, 0.15) is 55.4 Å². The number of aromatic hydroxyl groups is 1. The van der Waals surface area contributed by atoms with Gasteiger partial charge in [-0.3, -0.25) is 4.90 Å². The number of aryl methyl sites for hydroxylation is 1. The molecule has 5 nitrogen and oxygen atoms in total. The molecule has 0 fully saturated rings. The number of nitrogens with zero attached hydrogens (tertiary/aromatic N) is 2. The Morgan fingerprint density at radius 1 is 0.897 bits per heavy atom. The Hall–Kier alpha value is -2.76. The lowest BCUT2D eigenvalue weighted by molar-refractivity contribution is 0.132. The molecule has 0 aliphatic heterocycles. The summed E-state index contributed by atoms with van der Waals surface area (Å²) in [7, 11) is 5.69. The van der Waals surface area contributed by atoms with Crippen LogP contribution in [0.3, 0.4) is 0 Å². The predicted octanol–water partition coefficient (Wildman–Crippen LogP) is 6.35. The molecule has 0 saturated carbocycles. The van der Waals surface area contributed by atoms with Crippen molar-refractivity contribution in [2.75, 3.05) is 40.9 Å². The Morgan fingerprint density at radius 2 is 1.62 bits per heavy atom. The zero-order valence-corrected chi connectivity index (χ0v) is 24.7. The van der Waals surface area contributed by atoms with E-state index in [9.17, 15) is 5.11 Å². The summed E-state index contributed by atoms with van der Waals surface area (Å²) >= 11 is 0. The van der Waals surface area contributed by atoms with Crippen LogP contribution in [0.15, 0.2) is 66.1 Å². The Bertz CT molecular complexity index is 1120. The van der Waals surface area contributed by atoms with E-state index in [2.05, 4.69) is 73.2 Å². The fraction of sp³-hybridized carbons (Fsp3) is 0.529. The van der Waals surface area contributed by atoms with Crippen LogP contribution in [0.5, 0.6) is 5.75 Å². The predicted molar refractivity (Wildman–Crippen MR) is 160 cm³/mol. The van der Waals surface area contributed by atoms with Crippen LogP contribution in [-0.4, -0.2) is 61.8 Å². The van der Waals surface area contributed by atoms with Crippen LogP contribution >= 0.6 is 0 Å². The molecule has 0 aromatic heterocycles. The normalized spacial score (nSPS) is 20.9. The first kappa shape index (κ1) is 29.2. The van der Waals surface area contributed by atoms with Crippen molar-refractivity contribution in [2.45, 2.75) is 65.0 Å². The maximum absolute atomic E-state index is 9.96. The lowest BCUT2D eigenvalue weighted by atomic mass is 9.72. The Kier molecular flexibility index (Phi) is 10.5. The minimum atomic E-state index is 0.222. The average Bonchev–Trinajstić information content (AvgIpc) is 2.97. The maximum atomic E-state index is 9.96. The minimum absolute atomic E-state index is 0.222. The van der Waals surface area contributed by atoms with E-state index in [0.29, 0.717) is 17.6 Å². The highest BCUT2D eigenvalue weighted by Gasteiger charge is 2.36. The van der Waals surface area contributed by atoms with Gasteiger partial charge in [-0.2, -0.15) is 0 Å². The number of methoxy groups -OCH3 is 2. The number of likely N-dealkylation sites (N-methyl/N-ethyl adjacent to an activating group) is 2. The summed E-state index contributed by atoms with van der Waals surface area (Å²) in [5.41, 5.74) is 5.39. The third-order valence-corrected chi connectivity index (χ3v) is 8.66. The molecular weight excluding hydrogens is 484 g/mol. The molecule has 0 amide bonds. The van der Waals surface area contributed by atoms with Crippen molar-refractivity contribution in [3.05, 3.63) is 88.4 Å². The summed E-state index contributed by atoms with van der Waals surface area (Å²) < 4.78 is 11.5. The van der Waals surface area contributed by atoms with E-state index in [4.69, 9.17) is 9.47 Å². The summed E-state index contributed by atoms with van der Waals surface area (Å²) in [4.78, 5) is 5.01. The van der Waals surface area contributed by atoms with Gasteiger partial charge in [0, 0.05) is 25.0 Å². The summed E-state index contributed by atoms with van der Waals surface area (Å²) in [5.74, 6) is 2.83. The van der Waals surface area contributed by atoms with Crippen LogP contribution in [0.4, 0.5) is 0 Å². The zero-order chi connectivity index (χ0) is 27.8. The van der Waals surface area contributed by atoms with Gasteiger partial charge >= 0.3 is 0 Å². The summed E-state index contributed by atoms with van der Waals surface area (Å²) in [6, 6.07) is 15.3. The molecule has 39 heavy (non-hydrogen) atoms. The van der Waals surface area contributed by atoms with Crippen molar-refractivity contribution in [2.24, 2.45) is 11.8 Å². The van der Waals surface area contributed by atoms with Crippen molar-refractivity contribution in [1.82, 2.24) is 9.80 Å². The second-order valence-corrected chi connectivity index (χ2v) is 11.3. The largest absolute Gasteiger partial charge is 0.508 e. The molecular formula is C34H48N2O3. The van der Waals surface area contributed by atoms with E-state index in [0.717, 1.165) is 56.8 Å². The molecule has 3 atom stereocenters. The van der Waals surface area contributed by atoms with E-state index in [1.807, 2.05) is 12.1 Å². The van der Waals surface area contributed by atoms with Crippen LogP contribution in [0.2, 0.25) is 0 Å². The number of ether oxygens (including phenoxy) is 2. The number of fused-ring (bicyclic) bond motifs is 1. The minimum Gasteiger partial charge on any atom is -0.508 e. The van der Waals surface area contributed by atoms with E-state index in [1.54, 1.807) is 14.2 Å². The first-order valence-electron chi connectivity index (χ1n) is 14.8. The molecule has 0 spiro atoms. The van der Waals surface area contributed by atoms with Crippen molar-refractivity contribution < 1.29 is 14.6 Å². The van der Waals surface area contributed by atoms with Gasteiger partial charge in [0.15, 0.2) is 11.5 Å². The van der Waals surface area contributed by atoms with Crippen molar-refractivity contribution >= 4 is 0 Å². The molecule has 2 aromatic carbocycles. The molecule has 5 heteroatoms. The third kappa shape index (κ3) is 7.46. The monoisotopic (exact) mass is 532 g/mol. The van der Waals surface area contributed by atoms with Crippen LogP contribution in [-0.2, 0) is 35.3 Å². The molecule has 2 unspecified atom stereocenters. The van der Waals surface area contributed by atoms with E-state index in [1.165, 1.54) is 41.6 Å². The van der Waals surface area contributed by atoms with Gasteiger partial charge in [-0.25, -0.2) is 0 Å². The van der Waals surface area contributed by atoms with Gasteiger partial charge in [-0.05, 0) is 105 Å². The molecule has 0 heterocycles. The summed E-state index contributed by atoms with van der Waals surface area (Å²) in [6.45, 7) is 8.63. The number of rotatable bonds is 13. The molecule has 2 aliphatic carbocycles. The SMILES string of the molecule is CCCCN(C)CCc1ccc(CN(CC)C2C=C(OC)C(OC)=CC2[C@@H]2CCc3cc(O)ccc3C2)cc1. The Balaban J connectivity index is 1.49. The molecule has 4 rings (SSSR count). The molecule has 0 saturated heterocycles. The highest BCUT2D eigenvalue weighted by molar-refractivity contribution is 5.38. The number of hydrogen-bond donors (Lipinski definition) is 1. The van der Waals surface area contributed by atoms with Crippen LogP contribution in [0, 0.1) is 11.8 Å². The molecule has 2 aromatic rings.